The second kappa shape index (κ2) is 6.97. The van der Waals surface area contributed by atoms with E-state index in [0.29, 0.717) is 0 Å². The highest BCUT2D eigenvalue weighted by atomic mass is 16.6. The van der Waals surface area contributed by atoms with Gasteiger partial charge in [-0.15, -0.1) is 0 Å². The van der Waals surface area contributed by atoms with Gasteiger partial charge in [-0.05, 0) is 45.2 Å². The number of anilines is 1. The van der Waals surface area contributed by atoms with Crippen molar-refractivity contribution in [2.45, 2.75) is 45.3 Å². The predicted octanol–water partition coefficient (Wildman–Crippen LogP) is 2.99. The number of aromatic nitrogens is 1. The number of amides is 1. The molecule has 0 radical (unpaired) electrons. The molecule has 24 heavy (non-hydrogen) atoms. The number of morpholine rings is 1. The van der Waals surface area contributed by atoms with Gasteiger partial charge in [-0.3, -0.25) is 0 Å². The van der Waals surface area contributed by atoms with Crippen molar-refractivity contribution in [3.8, 4) is 0 Å². The van der Waals surface area contributed by atoms with Crippen LogP contribution in [-0.2, 0) is 9.47 Å². The van der Waals surface area contributed by atoms with E-state index in [4.69, 9.17) is 9.47 Å². The van der Waals surface area contributed by atoms with E-state index in [0.717, 1.165) is 57.1 Å². The summed E-state index contributed by atoms with van der Waals surface area (Å²) < 4.78 is 10.9. The van der Waals surface area contributed by atoms with Crippen LogP contribution in [0.4, 0.5) is 10.6 Å². The maximum atomic E-state index is 12.4. The molecule has 1 aromatic rings. The maximum Gasteiger partial charge on any atom is 0.410 e. The van der Waals surface area contributed by atoms with Gasteiger partial charge in [-0.25, -0.2) is 9.78 Å². The van der Waals surface area contributed by atoms with E-state index in [1.165, 1.54) is 0 Å². The molecule has 1 amide bonds. The highest BCUT2D eigenvalue weighted by molar-refractivity contribution is 5.69. The maximum absolute atomic E-state index is 12.4. The molecule has 3 heterocycles. The Kier molecular flexibility index (Phi) is 4.94. The molecule has 0 N–H and O–H groups in total. The highest BCUT2D eigenvalue weighted by Crippen LogP contribution is 2.33. The van der Waals surface area contributed by atoms with Crippen molar-refractivity contribution in [1.82, 2.24) is 9.88 Å². The SMILES string of the molecule is CC(C)(C)OC(=O)N1CCCC1c1ccc(N2CCOCC2)nc1. The first-order valence-electron chi connectivity index (χ1n) is 8.72. The van der Waals surface area contributed by atoms with Crippen LogP contribution in [0.15, 0.2) is 18.3 Å². The summed E-state index contributed by atoms with van der Waals surface area (Å²) in [6.07, 6.45) is 3.62. The minimum absolute atomic E-state index is 0.0612. The van der Waals surface area contributed by atoms with Crippen molar-refractivity contribution >= 4 is 11.9 Å². The summed E-state index contributed by atoms with van der Waals surface area (Å²) in [4.78, 5) is 21.1. The van der Waals surface area contributed by atoms with Crippen molar-refractivity contribution in [2.24, 2.45) is 0 Å². The fraction of sp³-hybridized carbons (Fsp3) is 0.667. The van der Waals surface area contributed by atoms with Gasteiger partial charge >= 0.3 is 6.09 Å². The van der Waals surface area contributed by atoms with E-state index >= 15 is 0 Å². The molecule has 0 spiro atoms. The second-order valence-corrected chi connectivity index (χ2v) is 7.38. The quantitative estimate of drug-likeness (QED) is 0.833. The molecular formula is C18H27N3O3. The van der Waals surface area contributed by atoms with Crippen molar-refractivity contribution in [3.05, 3.63) is 23.9 Å². The molecule has 6 nitrogen and oxygen atoms in total. The van der Waals surface area contributed by atoms with Crippen LogP contribution in [0.1, 0.15) is 45.2 Å². The number of hydrogen-bond acceptors (Lipinski definition) is 5. The van der Waals surface area contributed by atoms with Crippen molar-refractivity contribution in [3.63, 3.8) is 0 Å². The molecule has 6 heteroatoms. The topological polar surface area (TPSA) is 54.9 Å². The fourth-order valence-corrected chi connectivity index (χ4v) is 3.23. The summed E-state index contributed by atoms with van der Waals surface area (Å²) in [5.41, 5.74) is 0.609. The molecule has 2 saturated heterocycles. The zero-order valence-electron chi connectivity index (χ0n) is 14.8. The summed E-state index contributed by atoms with van der Waals surface area (Å²) in [6.45, 7) is 9.68. The van der Waals surface area contributed by atoms with Gasteiger partial charge in [0, 0.05) is 25.8 Å². The third-order valence-electron chi connectivity index (χ3n) is 4.37. The molecule has 0 saturated carbocycles. The minimum atomic E-state index is -0.470. The fourth-order valence-electron chi connectivity index (χ4n) is 3.23. The molecule has 1 aromatic heterocycles. The van der Waals surface area contributed by atoms with Gasteiger partial charge in [0.15, 0.2) is 0 Å². The first-order valence-corrected chi connectivity index (χ1v) is 8.72. The molecule has 132 valence electrons. The molecule has 0 bridgehead atoms. The number of nitrogens with zero attached hydrogens (tertiary/aromatic N) is 3. The number of carbonyl (C=O) groups excluding carboxylic acids is 1. The third kappa shape index (κ3) is 3.98. The Labute approximate surface area is 143 Å². The van der Waals surface area contributed by atoms with Crippen LogP contribution in [0.2, 0.25) is 0 Å². The van der Waals surface area contributed by atoms with Crippen molar-refractivity contribution < 1.29 is 14.3 Å². The van der Waals surface area contributed by atoms with Crippen LogP contribution < -0.4 is 4.90 Å². The molecule has 1 atom stereocenters. The van der Waals surface area contributed by atoms with Crippen LogP contribution in [-0.4, -0.2) is 54.4 Å². The summed E-state index contributed by atoms with van der Waals surface area (Å²) in [5.74, 6) is 0.976. The van der Waals surface area contributed by atoms with E-state index in [-0.39, 0.29) is 12.1 Å². The van der Waals surface area contributed by atoms with E-state index in [1.807, 2.05) is 37.9 Å². The number of likely N-dealkylation sites (tertiary alicyclic amines) is 1. The molecule has 0 aliphatic carbocycles. The van der Waals surface area contributed by atoms with Gasteiger partial charge in [0.25, 0.3) is 0 Å². The molecule has 2 fully saturated rings. The van der Waals surface area contributed by atoms with Gasteiger partial charge in [-0.1, -0.05) is 6.07 Å². The summed E-state index contributed by atoms with van der Waals surface area (Å²) in [7, 11) is 0. The molecule has 0 aromatic carbocycles. The first-order chi connectivity index (χ1) is 11.4. The second-order valence-electron chi connectivity index (χ2n) is 7.38. The average molecular weight is 333 g/mol. The molecule has 1 unspecified atom stereocenters. The van der Waals surface area contributed by atoms with Crippen LogP contribution in [0, 0.1) is 0 Å². The molecule has 3 rings (SSSR count). The largest absolute Gasteiger partial charge is 0.444 e. The average Bonchev–Trinajstić information content (AvgIpc) is 3.04. The van der Waals surface area contributed by atoms with Crippen LogP contribution in [0.25, 0.3) is 0 Å². The number of hydrogen-bond donors (Lipinski definition) is 0. The molecule has 2 aliphatic rings. The standard InChI is InChI=1S/C18H27N3O3/c1-18(2,3)24-17(22)21-8-4-5-15(21)14-6-7-16(19-13-14)20-9-11-23-12-10-20/h6-7,13,15H,4-5,8-12H2,1-3H3. The van der Waals surface area contributed by atoms with Gasteiger partial charge < -0.3 is 19.3 Å². The monoisotopic (exact) mass is 333 g/mol. The Morgan fingerprint density at radius 1 is 1.25 bits per heavy atom. The number of rotatable bonds is 2. The lowest BCUT2D eigenvalue weighted by atomic mass is 10.1. The summed E-state index contributed by atoms with van der Waals surface area (Å²) >= 11 is 0. The Bertz CT molecular complexity index is 562. The zero-order valence-corrected chi connectivity index (χ0v) is 14.8. The van der Waals surface area contributed by atoms with Gasteiger partial charge in [0.2, 0.25) is 0 Å². The van der Waals surface area contributed by atoms with Crippen molar-refractivity contribution in [2.75, 3.05) is 37.7 Å². The van der Waals surface area contributed by atoms with E-state index < -0.39 is 5.60 Å². The predicted molar refractivity (Wildman–Crippen MR) is 92.2 cm³/mol. The van der Waals surface area contributed by atoms with E-state index in [9.17, 15) is 4.79 Å². The Hall–Kier alpha value is -1.82. The lowest BCUT2D eigenvalue weighted by Crippen LogP contribution is -2.37. The zero-order chi connectivity index (χ0) is 17.2. The van der Waals surface area contributed by atoms with Gasteiger partial charge in [0.05, 0.1) is 19.3 Å². The summed E-state index contributed by atoms with van der Waals surface area (Å²) in [5, 5.41) is 0. The normalized spacial score (nSPS) is 21.9. The smallest absolute Gasteiger partial charge is 0.410 e. The van der Waals surface area contributed by atoms with E-state index in [2.05, 4.69) is 16.0 Å². The van der Waals surface area contributed by atoms with Gasteiger partial charge in [-0.2, -0.15) is 0 Å². The van der Waals surface area contributed by atoms with Crippen LogP contribution >= 0.6 is 0 Å². The molecular weight excluding hydrogens is 306 g/mol. The first kappa shape index (κ1) is 17.0. The summed E-state index contributed by atoms with van der Waals surface area (Å²) in [6, 6.07) is 4.20. The van der Waals surface area contributed by atoms with Crippen LogP contribution in [0.5, 0.6) is 0 Å². The Morgan fingerprint density at radius 3 is 2.62 bits per heavy atom. The van der Waals surface area contributed by atoms with Gasteiger partial charge in [0.1, 0.15) is 11.4 Å². The van der Waals surface area contributed by atoms with E-state index in [1.54, 1.807) is 0 Å². The highest BCUT2D eigenvalue weighted by Gasteiger charge is 2.33. The number of carbonyl (C=O) groups is 1. The third-order valence-corrected chi connectivity index (χ3v) is 4.37. The molecule has 2 aliphatic heterocycles. The Balaban J connectivity index is 1.69. The minimum Gasteiger partial charge on any atom is -0.444 e. The van der Waals surface area contributed by atoms with Crippen molar-refractivity contribution in [1.29, 1.82) is 0 Å². The number of ether oxygens (including phenoxy) is 2. The van der Waals surface area contributed by atoms with Crippen LogP contribution in [0.3, 0.4) is 0 Å². The lowest BCUT2D eigenvalue weighted by molar-refractivity contribution is 0.0224. The Morgan fingerprint density at radius 2 is 2.00 bits per heavy atom. The lowest BCUT2D eigenvalue weighted by Gasteiger charge is -2.30. The number of pyridine rings is 1.